The molecule has 2 fully saturated rings. The van der Waals surface area contributed by atoms with Gasteiger partial charge in [0, 0.05) is 38.8 Å². The summed E-state index contributed by atoms with van der Waals surface area (Å²) >= 11 is 0. The third kappa shape index (κ3) is 4.21. The summed E-state index contributed by atoms with van der Waals surface area (Å²) in [6, 6.07) is 7.11. The topological polar surface area (TPSA) is 32.8 Å². The van der Waals surface area contributed by atoms with Crippen LogP contribution in [0.3, 0.4) is 0 Å². The van der Waals surface area contributed by atoms with Gasteiger partial charge >= 0.3 is 0 Å². The Bertz CT molecular complexity index is 576. The fourth-order valence-corrected chi connectivity index (χ4v) is 4.09. The fraction of sp³-hybridized carbons (Fsp3) is 0.650. The molecule has 5 heteroatoms. The summed E-state index contributed by atoms with van der Waals surface area (Å²) in [6.45, 7) is 7.45. The zero-order chi connectivity index (χ0) is 18.0. The van der Waals surface area contributed by atoms with Crippen LogP contribution in [0.4, 0.5) is 4.39 Å². The number of benzene rings is 1. The number of carbonyl (C=O) groups excluding carboxylic acids is 1. The quantitative estimate of drug-likeness (QED) is 0.792. The van der Waals surface area contributed by atoms with Crippen molar-refractivity contribution < 1.29 is 13.9 Å². The highest BCUT2D eigenvalue weighted by atomic mass is 19.1. The van der Waals surface area contributed by atoms with Crippen LogP contribution in [0.15, 0.2) is 24.3 Å². The lowest BCUT2D eigenvalue weighted by Crippen LogP contribution is -2.59. The number of ether oxygens (including phenoxy) is 1. The van der Waals surface area contributed by atoms with Gasteiger partial charge in [0.25, 0.3) is 0 Å². The molecule has 3 rings (SSSR count). The molecule has 1 aromatic rings. The molecule has 1 amide bonds. The molecule has 0 N–H and O–H groups in total. The van der Waals surface area contributed by atoms with Crippen LogP contribution >= 0.6 is 0 Å². The molecular weight excluding hydrogens is 319 g/mol. The van der Waals surface area contributed by atoms with Gasteiger partial charge in [-0.15, -0.1) is 0 Å². The third-order valence-electron chi connectivity index (χ3n) is 5.56. The van der Waals surface area contributed by atoms with Crippen molar-refractivity contribution in [1.82, 2.24) is 9.80 Å². The lowest BCUT2D eigenvalue weighted by molar-refractivity contribution is -0.138. The molecule has 3 unspecified atom stereocenters. The first kappa shape index (κ1) is 18.3. The molecule has 0 radical (unpaired) electrons. The Kier molecular flexibility index (Phi) is 5.74. The maximum Gasteiger partial charge on any atom is 0.230 e. The van der Waals surface area contributed by atoms with Crippen LogP contribution in [-0.2, 0) is 9.53 Å². The maximum absolute atomic E-state index is 13.3. The van der Waals surface area contributed by atoms with Crippen LogP contribution in [-0.4, -0.2) is 61.1 Å². The number of nitrogens with zero attached hydrogens (tertiary/aromatic N) is 2. The molecule has 1 aliphatic heterocycles. The fourth-order valence-electron chi connectivity index (χ4n) is 4.09. The summed E-state index contributed by atoms with van der Waals surface area (Å²) in [5, 5.41) is 0. The summed E-state index contributed by atoms with van der Waals surface area (Å²) in [5.74, 6) is 0.250. The minimum Gasteiger partial charge on any atom is -0.383 e. The summed E-state index contributed by atoms with van der Waals surface area (Å²) in [5.41, 5.74) is 0.955. The SMILES string of the molecule is COCCN1C(C)CN(C(=O)C(c2ccc(F)cc2)C2CC2)CC1C. The van der Waals surface area contributed by atoms with Crippen molar-refractivity contribution in [3.05, 3.63) is 35.6 Å². The second-order valence-electron chi connectivity index (χ2n) is 7.54. The third-order valence-corrected chi connectivity index (χ3v) is 5.56. The van der Waals surface area contributed by atoms with Crippen molar-refractivity contribution in [2.45, 2.75) is 44.7 Å². The van der Waals surface area contributed by atoms with E-state index in [0.717, 1.165) is 38.0 Å². The van der Waals surface area contributed by atoms with Crippen LogP contribution in [0.2, 0.25) is 0 Å². The van der Waals surface area contributed by atoms with Crippen LogP contribution in [0, 0.1) is 11.7 Å². The first-order valence-electron chi connectivity index (χ1n) is 9.30. The molecular formula is C20H29FN2O2. The normalized spacial score (nSPS) is 25.8. The van der Waals surface area contributed by atoms with Gasteiger partial charge in [-0.1, -0.05) is 12.1 Å². The number of hydrogen-bond donors (Lipinski definition) is 0. The molecule has 138 valence electrons. The van der Waals surface area contributed by atoms with E-state index in [2.05, 4.69) is 18.7 Å². The van der Waals surface area contributed by atoms with Gasteiger partial charge in [-0.2, -0.15) is 0 Å². The lowest BCUT2D eigenvalue weighted by atomic mass is 9.91. The van der Waals surface area contributed by atoms with Crippen molar-refractivity contribution in [3.8, 4) is 0 Å². The molecule has 0 aromatic heterocycles. The average molecular weight is 348 g/mol. The molecule has 1 saturated heterocycles. The van der Waals surface area contributed by atoms with E-state index < -0.39 is 0 Å². The van der Waals surface area contributed by atoms with Gasteiger partial charge < -0.3 is 9.64 Å². The minimum atomic E-state index is -0.250. The summed E-state index contributed by atoms with van der Waals surface area (Å²) < 4.78 is 18.5. The minimum absolute atomic E-state index is 0.120. The van der Waals surface area contributed by atoms with Crippen molar-refractivity contribution in [2.24, 2.45) is 5.92 Å². The molecule has 1 heterocycles. The molecule has 3 atom stereocenters. The standard InChI is InChI=1S/C20H29FN2O2/c1-14-12-22(13-15(2)23(14)10-11-25-3)20(24)19(16-4-5-16)17-6-8-18(21)9-7-17/h6-9,14-16,19H,4-5,10-13H2,1-3H3. The van der Waals surface area contributed by atoms with Crippen molar-refractivity contribution in [1.29, 1.82) is 0 Å². The van der Waals surface area contributed by atoms with Gasteiger partial charge in [0.15, 0.2) is 0 Å². The van der Waals surface area contributed by atoms with E-state index >= 15 is 0 Å². The highest BCUT2D eigenvalue weighted by Gasteiger charge is 2.41. The number of piperazine rings is 1. The second-order valence-corrected chi connectivity index (χ2v) is 7.54. The molecule has 1 saturated carbocycles. The smallest absolute Gasteiger partial charge is 0.230 e. The van der Waals surface area contributed by atoms with Crippen molar-refractivity contribution in [2.75, 3.05) is 33.4 Å². The van der Waals surface area contributed by atoms with E-state index in [0.29, 0.717) is 24.6 Å². The Morgan fingerprint density at radius 1 is 1.20 bits per heavy atom. The van der Waals surface area contributed by atoms with E-state index in [9.17, 15) is 9.18 Å². The second kappa shape index (κ2) is 7.83. The largest absolute Gasteiger partial charge is 0.383 e. The Hall–Kier alpha value is -1.46. The number of rotatable bonds is 6. The van der Waals surface area contributed by atoms with Crippen LogP contribution in [0.1, 0.15) is 38.2 Å². The summed E-state index contributed by atoms with van der Waals surface area (Å²) in [7, 11) is 1.72. The first-order valence-corrected chi connectivity index (χ1v) is 9.30. The van der Waals surface area contributed by atoms with Crippen LogP contribution in [0.5, 0.6) is 0 Å². The van der Waals surface area contributed by atoms with Crippen LogP contribution in [0.25, 0.3) is 0 Å². The molecule has 2 aliphatic rings. The number of amides is 1. The van der Waals surface area contributed by atoms with Gasteiger partial charge in [-0.05, 0) is 50.3 Å². The predicted molar refractivity (Wildman–Crippen MR) is 96.0 cm³/mol. The maximum atomic E-state index is 13.3. The van der Waals surface area contributed by atoms with E-state index in [-0.39, 0.29) is 17.6 Å². The van der Waals surface area contributed by atoms with Gasteiger partial charge in [-0.25, -0.2) is 4.39 Å². The van der Waals surface area contributed by atoms with Crippen molar-refractivity contribution >= 4 is 5.91 Å². The summed E-state index contributed by atoms with van der Waals surface area (Å²) in [4.78, 5) is 17.7. The van der Waals surface area contributed by atoms with Crippen LogP contribution < -0.4 is 0 Å². The van der Waals surface area contributed by atoms with Gasteiger partial charge in [0.1, 0.15) is 5.82 Å². The highest BCUT2D eigenvalue weighted by Crippen LogP contribution is 2.44. The molecule has 0 bridgehead atoms. The Morgan fingerprint density at radius 2 is 1.80 bits per heavy atom. The molecule has 1 aliphatic carbocycles. The number of carbonyl (C=O) groups is 1. The Balaban J connectivity index is 1.72. The zero-order valence-electron chi connectivity index (χ0n) is 15.5. The molecule has 1 aromatic carbocycles. The average Bonchev–Trinajstić information content (AvgIpc) is 3.41. The molecule has 0 spiro atoms. The van der Waals surface area contributed by atoms with E-state index in [4.69, 9.17) is 4.74 Å². The lowest BCUT2D eigenvalue weighted by Gasteiger charge is -2.45. The monoisotopic (exact) mass is 348 g/mol. The Labute approximate surface area is 149 Å². The van der Waals surface area contributed by atoms with E-state index in [1.165, 1.54) is 12.1 Å². The highest BCUT2D eigenvalue weighted by molar-refractivity contribution is 5.84. The summed E-state index contributed by atoms with van der Waals surface area (Å²) in [6.07, 6.45) is 2.18. The van der Waals surface area contributed by atoms with E-state index in [1.54, 1.807) is 19.2 Å². The zero-order valence-corrected chi connectivity index (χ0v) is 15.5. The first-order chi connectivity index (χ1) is 12.0. The van der Waals surface area contributed by atoms with E-state index in [1.807, 2.05) is 4.90 Å². The van der Waals surface area contributed by atoms with Crippen molar-refractivity contribution in [3.63, 3.8) is 0 Å². The predicted octanol–water partition coefficient (Wildman–Crippen LogP) is 2.89. The van der Waals surface area contributed by atoms with Gasteiger partial charge in [-0.3, -0.25) is 9.69 Å². The Morgan fingerprint density at radius 3 is 2.32 bits per heavy atom. The number of hydrogen-bond acceptors (Lipinski definition) is 3. The van der Waals surface area contributed by atoms with Gasteiger partial charge in [0.2, 0.25) is 5.91 Å². The number of halogens is 1. The number of methoxy groups -OCH3 is 1. The molecule has 25 heavy (non-hydrogen) atoms. The van der Waals surface area contributed by atoms with Gasteiger partial charge in [0.05, 0.1) is 12.5 Å². The molecule has 4 nitrogen and oxygen atoms in total.